The molecule has 1 atom stereocenters. The van der Waals surface area contributed by atoms with E-state index in [-0.39, 0.29) is 12.4 Å². The standard InChI is InChI=1S/C18H22FNO3/c1-13-2-7-18(23-13)11-20(15-5-6-15)10-16(21)12-22-17-8-3-14(19)4-9-17/h2-4,7-9,15-16,21H,5-6,10-12H2,1H3. The molecule has 1 fully saturated rings. The van der Waals surface area contributed by atoms with E-state index >= 15 is 0 Å². The van der Waals surface area contributed by atoms with E-state index in [1.54, 1.807) is 12.1 Å². The summed E-state index contributed by atoms with van der Waals surface area (Å²) in [6.07, 6.45) is 1.72. The quantitative estimate of drug-likeness (QED) is 0.812. The van der Waals surface area contributed by atoms with Crippen LogP contribution in [0, 0.1) is 12.7 Å². The van der Waals surface area contributed by atoms with Crippen LogP contribution in [0.15, 0.2) is 40.8 Å². The zero-order chi connectivity index (χ0) is 16.2. The van der Waals surface area contributed by atoms with Crippen molar-refractivity contribution in [3.63, 3.8) is 0 Å². The Kier molecular flexibility index (Phi) is 4.98. The predicted octanol–water partition coefficient (Wildman–Crippen LogP) is 3.13. The molecule has 23 heavy (non-hydrogen) atoms. The van der Waals surface area contributed by atoms with Crippen molar-refractivity contribution >= 4 is 0 Å². The second-order valence-electron chi connectivity index (χ2n) is 6.09. The van der Waals surface area contributed by atoms with E-state index in [2.05, 4.69) is 4.90 Å². The van der Waals surface area contributed by atoms with Crippen LogP contribution in [0.2, 0.25) is 0 Å². The molecule has 1 aromatic carbocycles. The van der Waals surface area contributed by atoms with Crippen LogP contribution < -0.4 is 4.74 Å². The molecule has 1 unspecified atom stereocenters. The molecule has 0 radical (unpaired) electrons. The SMILES string of the molecule is Cc1ccc(CN(CC(O)COc2ccc(F)cc2)C2CC2)o1. The molecule has 0 amide bonds. The fraction of sp³-hybridized carbons (Fsp3) is 0.444. The fourth-order valence-corrected chi connectivity index (χ4v) is 2.60. The highest BCUT2D eigenvalue weighted by Gasteiger charge is 2.31. The lowest BCUT2D eigenvalue weighted by Gasteiger charge is -2.24. The van der Waals surface area contributed by atoms with Gasteiger partial charge in [-0.2, -0.15) is 0 Å². The van der Waals surface area contributed by atoms with E-state index in [1.807, 2.05) is 19.1 Å². The number of aliphatic hydroxyl groups is 1. The minimum atomic E-state index is -0.600. The Morgan fingerprint density at radius 2 is 2.00 bits per heavy atom. The van der Waals surface area contributed by atoms with Gasteiger partial charge in [0.2, 0.25) is 0 Å². The molecule has 124 valence electrons. The number of rotatable bonds is 8. The van der Waals surface area contributed by atoms with E-state index in [0.29, 0.717) is 24.9 Å². The van der Waals surface area contributed by atoms with Crippen LogP contribution in [-0.2, 0) is 6.54 Å². The van der Waals surface area contributed by atoms with Gasteiger partial charge in [0.15, 0.2) is 0 Å². The summed E-state index contributed by atoms with van der Waals surface area (Å²) in [6.45, 7) is 3.35. The molecule has 1 saturated carbocycles. The number of hydrogen-bond acceptors (Lipinski definition) is 4. The highest BCUT2D eigenvalue weighted by molar-refractivity contribution is 5.22. The van der Waals surface area contributed by atoms with Crippen molar-refractivity contribution in [1.82, 2.24) is 4.90 Å². The van der Waals surface area contributed by atoms with Gasteiger partial charge in [-0.05, 0) is 56.2 Å². The first-order chi connectivity index (χ1) is 11.1. The molecule has 1 aliphatic carbocycles. The van der Waals surface area contributed by atoms with E-state index in [1.165, 1.54) is 12.1 Å². The molecule has 1 aliphatic rings. The van der Waals surface area contributed by atoms with Gasteiger partial charge < -0.3 is 14.3 Å². The maximum atomic E-state index is 12.8. The lowest BCUT2D eigenvalue weighted by Crippen LogP contribution is -2.36. The van der Waals surface area contributed by atoms with Gasteiger partial charge in [0.1, 0.15) is 35.8 Å². The molecule has 5 heteroatoms. The first-order valence-corrected chi connectivity index (χ1v) is 7.96. The van der Waals surface area contributed by atoms with Crippen LogP contribution in [0.3, 0.4) is 0 Å². The number of aliphatic hydroxyl groups excluding tert-OH is 1. The maximum absolute atomic E-state index is 12.8. The Balaban J connectivity index is 1.49. The molecular weight excluding hydrogens is 297 g/mol. The molecule has 1 N–H and O–H groups in total. The molecule has 2 aromatic rings. The van der Waals surface area contributed by atoms with Gasteiger partial charge in [-0.25, -0.2) is 4.39 Å². The average Bonchev–Trinajstić information content (AvgIpc) is 3.30. The number of nitrogens with zero attached hydrogens (tertiary/aromatic N) is 1. The summed E-state index contributed by atoms with van der Waals surface area (Å²) in [5.74, 6) is 2.08. The number of furan rings is 1. The third kappa shape index (κ3) is 4.81. The summed E-state index contributed by atoms with van der Waals surface area (Å²) in [7, 11) is 0. The van der Waals surface area contributed by atoms with Gasteiger partial charge >= 0.3 is 0 Å². The monoisotopic (exact) mass is 319 g/mol. The third-order valence-electron chi connectivity index (χ3n) is 3.92. The second-order valence-corrected chi connectivity index (χ2v) is 6.09. The Morgan fingerprint density at radius 1 is 1.26 bits per heavy atom. The first kappa shape index (κ1) is 16.0. The van der Waals surface area contributed by atoms with Crippen molar-refractivity contribution in [1.29, 1.82) is 0 Å². The Morgan fingerprint density at radius 3 is 2.61 bits per heavy atom. The van der Waals surface area contributed by atoms with Crippen LogP contribution in [0.5, 0.6) is 5.75 Å². The van der Waals surface area contributed by atoms with Crippen molar-refractivity contribution in [2.24, 2.45) is 0 Å². The van der Waals surface area contributed by atoms with Gasteiger partial charge in [-0.3, -0.25) is 4.90 Å². The van der Waals surface area contributed by atoms with Crippen molar-refractivity contribution < 1.29 is 18.7 Å². The van der Waals surface area contributed by atoms with Crippen molar-refractivity contribution in [3.8, 4) is 5.75 Å². The van der Waals surface area contributed by atoms with Crippen LogP contribution >= 0.6 is 0 Å². The predicted molar refractivity (Wildman–Crippen MR) is 84.8 cm³/mol. The zero-order valence-electron chi connectivity index (χ0n) is 13.2. The van der Waals surface area contributed by atoms with E-state index < -0.39 is 6.10 Å². The highest BCUT2D eigenvalue weighted by atomic mass is 19.1. The molecule has 0 bridgehead atoms. The van der Waals surface area contributed by atoms with Crippen molar-refractivity contribution in [2.45, 2.75) is 38.5 Å². The topological polar surface area (TPSA) is 45.8 Å². The number of benzene rings is 1. The van der Waals surface area contributed by atoms with E-state index in [9.17, 15) is 9.50 Å². The van der Waals surface area contributed by atoms with Crippen molar-refractivity contribution in [2.75, 3.05) is 13.2 Å². The van der Waals surface area contributed by atoms with Crippen LogP contribution in [-0.4, -0.2) is 35.3 Å². The number of hydrogen-bond donors (Lipinski definition) is 1. The average molecular weight is 319 g/mol. The summed E-state index contributed by atoms with van der Waals surface area (Å²) in [5.41, 5.74) is 0. The summed E-state index contributed by atoms with van der Waals surface area (Å²) < 4.78 is 24.0. The van der Waals surface area contributed by atoms with Gasteiger partial charge in [-0.15, -0.1) is 0 Å². The summed E-state index contributed by atoms with van der Waals surface area (Å²) in [4.78, 5) is 2.23. The van der Waals surface area contributed by atoms with Gasteiger partial charge in [-0.1, -0.05) is 0 Å². The fourth-order valence-electron chi connectivity index (χ4n) is 2.60. The maximum Gasteiger partial charge on any atom is 0.123 e. The van der Waals surface area contributed by atoms with Gasteiger partial charge in [0.25, 0.3) is 0 Å². The molecule has 4 nitrogen and oxygen atoms in total. The molecule has 1 heterocycles. The largest absolute Gasteiger partial charge is 0.491 e. The second kappa shape index (κ2) is 7.15. The lowest BCUT2D eigenvalue weighted by atomic mass is 10.3. The minimum absolute atomic E-state index is 0.187. The lowest BCUT2D eigenvalue weighted by molar-refractivity contribution is 0.0601. The van der Waals surface area contributed by atoms with Crippen LogP contribution in [0.4, 0.5) is 4.39 Å². The Bertz CT molecular complexity index is 621. The van der Waals surface area contributed by atoms with Crippen LogP contribution in [0.1, 0.15) is 24.4 Å². The number of ether oxygens (including phenoxy) is 1. The molecular formula is C18H22FNO3. The van der Waals surface area contributed by atoms with E-state index in [4.69, 9.17) is 9.15 Å². The summed E-state index contributed by atoms with van der Waals surface area (Å²) >= 11 is 0. The number of aryl methyl sites for hydroxylation is 1. The highest BCUT2D eigenvalue weighted by Crippen LogP contribution is 2.28. The normalized spacial score (nSPS) is 15.8. The molecule has 1 aromatic heterocycles. The third-order valence-corrected chi connectivity index (χ3v) is 3.92. The molecule has 0 spiro atoms. The summed E-state index contributed by atoms with van der Waals surface area (Å²) in [5, 5.41) is 10.2. The van der Waals surface area contributed by atoms with Gasteiger partial charge in [0, 0.05) is 12.6 Å². The number of halogens is 1. The zero-order valence-corrected chi connectivity index (χ0v) is 13.2. The smallest absolute Gasteiger partial charge is 0.123 e. The molecule has 3 rings (SSSR count). The van der Waals surface area contributed by atoms with Gasteiger partial charge in [0.05, 0.1) is 6.54 Å². The first-order valence-electron chi connectivity index (χ1n) is 7.96. The molecule has 0 saturated heterocycles. The Hall–Kier alpha value is -1.85. The minimum Gasteiger partial charge on any atom is -0.491 e. The summed E-state index contributed by atoms with van der Waals surface area (Å²) in [6, 6.07) is 10.3. The van der Waals surface area contributed by atoms with Crippen molar-refractivity contribution in [3.05, 3.63) is 53.7 Å². The Labute approximate surface area is 135 Å². The van der Waals surface area contributed by atoms with Crippen LogP contribution in [0.25, 0.3) is 0 Å². The molecule has 0 aliphatic heterocycles. The van der Waals surface area contributed by atoms with E-state index in [0.717, 1.165) is 24.4 Å².